The largest absolute Gasteiger partial charge is 0.485 e. The van der Waals surface area contributed by atoms with Crippen LogP contribution in [0, 0.1) is 17.7 Å². The van der Waals surface area contributed by atoms with Crippen molar-refractivity contribution in [2.45, 2.75) is 95.2 Å². The smallest absolute Gasteiger partial charge is 0.306 e. The molecule has 3 aromatic rings. The third kappa shape index (κ3) is 5.48. The summed E-state index contributed by atoms with van der Waals surface area (Å²) < 4.78 is 27.4. The van der Waals surface area contributed by atoms with Crippen LogP contribution >= 0.6 is 0 Å². The molecule has 7 rings (SSSR count). The van der Waals surface area contributed by atoms with Crippen molar-refractivity contribution in [1.29, 1.82) is 0 Å². The predicted molar refractivity (Wildman–Crippen MR) is 167 cm³/mol. The molecule has 44 heavy (non-hydrogen) atoms. The van der Waals surface area contributed by atoms with Crippen molar-refractivity contribution in [3.05, 3.63) is 76.7 Å². The standard InChI is InChI=1S/C37H43FN2O4/c1-23(36(41)42)35(25-7-8-25)27-9-6-24-11-13-32(44-33(24)19-27)26-10-12-29(30-20-34(43-2)39-21-31(30)38)28(18-26)22-40-17-4-3-14-37(40)15-5-16-37/h6,9-10,12,18-21,23,25,32,35H,3-5,7-8,11,13-17,22H2,1-2H3,(H,41,42)/t23-,32?,35-/m0/s1. The lowest BCUT2D eigenvalue weighted by Crippen LogP contribution is -2.55. The number of nitrogens with zero attached hydrogens (tertiary/aromatic N) is 2. The Labute approximate surface area is 259 Å². The molecule has 3 atom stereocenters. The Morgan fingerprint density at radius 1 is 1.09 bits per heavy atom. The number of aliphatic carboxylic acids is 1. The van der Waals surface area contributed by atoms with Crippen LogP contribution in [0.25, 0.3) is 11.1 Å². The number of piperidine rings is 1. The number of ether oxygens (including phenoxy) is 2. The van der Waals surface area contributed by atoms with E-state index < -0.39 is 11.9 Å². The van der Waals surface area contributed by atoms with Gasteiger partial charge in [-0.25, -0.2) is 9.37 Å². The summed E-state index contributed by atoms with van der Waals surface area (Å²) in [4.78, 5) is 18.7. The van der Waals surface area contributed by atoms with Crippen LogP contribution in [0.3, 0.4) is 0 Å². The lowest BCUT2D eigenvalue weighted by atomic mass is 9.70. The highest BCUT2D eigenvalue weighted by Gasteiger charge is 2.44. The van der Waals surface area contributed by atoms with E-state index in [0.717, 1.165) is 66.8 Å². The summed E-state index contributed by atoms with van der Waals surface area (Å²) in [6.07, 6.45) is 12.5. The molecule has 7 heteroatoms. The quantitative estimate of drug-likeness (QED) is 0.268. The maximum Gasteiger partial charge on any atom is 0.306 e. The van der Waals surface area contributed by atoms with Crippen LogP contribution in [-0.2, 0) is 17.8 Å². The van der Waals surface area contributed by atoms with Gasteiger partial charge in [0.25, 0.3) is 0 Å². The summed E-state index contributed by atoms with van der Waals surface area (Å²) in [6, 6.07) is 14.4. The average Bonchev–Trinajstić information content (AvgIpc) is 3.86. The third-order valence-corrected chi connectivity index (χ3v) is 10.9. The van der Waals surface area contributed by atoms with Gasteiger partial charge in [-0.2, -0.15) is 0 Å². The van der Waals surface area contributed by atoms with Crippen LogP contribution in [-0.4, -0.2) is 40.2 Å². The molecule has 1 aromatic heterocycles. The lowest BCUT2D eigenvalue weighted by molar-refractivity contribution is -0.142. The number of hydrogen-bond donors (Lipinski definition) is 1. The number of carbonyl (C=O) groups is 1. The molecule has 232 valence electrons. The Bertz CT molecular complexity index is 1550. The van der Waals surface area contributed by atoms with E-state index in [0.29, 0.717) is 17.4 Å². The van der Waals surface area contributed by atoms with Crippen molar-refractivity contribution in [1.82, 2.24) is 9.88 Å². The second-order valence-corrected chi connectivity index (χ2v) is 13.6. The minimum atomic E-state index is -0.744. The van der Waals surface area contributed by atoms with E-state index in [-0.39, 0.29) is 23.4 Å². The van der Waals surface area contributed by atoms with E-state index >= 15 is 4.39 Å². The van der Waals surface area contributed by atoms with Crippen LogP contribution in [0.15, 0.2) is 48.7 Å². The number of likely N-dealkylation sites (tertiary alicyclic amines) is 1. The highest BCUT2D eigenvalue weighted by Crippen LogP contribution is 2.49. The van der Waals surface area contributed by atoms with Crippen LogP contribution in [0.1, 0.15) is 99.0 Å². The van der Waals surface area contributed by atoms with Gasteiger partial charge in [0, 0.05) is 23.7 Å². The number of halogens is 1. The zero-order valence-electron chi connectivity index (χ0n) is 25.9. The maximum atomic E-state index is 15.3. The van der Waals surface area contributed by atoms with E-state index in [1.165, 1.54) is 50.3 Å². The fourth-order valence-electron chi connectivity index (χ4n) is 8.11. The van der Waals surface area contributed by atoms with E-state index in [2.05, 4.69) is 40.2 Å². The topological polar surface area (TPSA) is 71.9 Å². The van der Waals surface area contributed by atoms with E-state index in [9.17, 15) is 9.90 Å². The molecule has 2 saturated carbocycles. The van der Waals surface area contributed by atoms with Gasteiger partial charge in [-0.15, -0.1) is 0 Å². The van der Waals surface area contributed by atoms with Crippen molar-refractivity contribution < 1.29 is 23.8 Å². The van der Waals surface area contributed by atoms with Crippen LogP contribution in [0.5, 0.6) is 11.6 Å². The summed E-state index contributed by atoms with van der Waals surface area (Å²) in [5.41, 5.74) is 6.11. The first-order chi connectivity index (χ1) is 21.3. The first-order valence-electron chi connectivity index (χ1n) is 16.5. The van der Waals surface area contributed by atoms with Gasteiger partial charge in [-0.05, 0) is 110 Å². The van der Waals surface area contributed by atoms with Crippen molar-refractivity contribution in [3.63, 3.8) is 0 Å². The summed E-state index contributed by atoms with van der Waals surface area (Å²) in [5.74, 6) is 0.158. The minimum Gasteiger partial charge on any atom is -0.485 e. The number of rotatable bonds is 9. The number of carboxylic acids is 1. The molecule has 3 heterocycles. The highest BCUT2D eigenvalue weighted by molar-refractivity contribution is 5.71. The van der Waals surface area contributed by atoms with E-state index in [1.807, 2.05) is 13.0 Å². The molecule has 0 bridgehead atoms. The van der Waals surface area contributed by atoms with Crippen LogP contribution in [0.4, 0.5) is 4.39 Å². The summed E-state index contributed by atoms with van der Waals surface area (Å²) in [5, 5.41) is 9.80. The van der Waals surface area contributed by atoms with Crippen molar-refractivity contribution in [2.75, 3.05) is 13.7 Å². The molecule has 2 aliphatic heterocycles. The maximum absolute atomic E-state index is 15.3. The number of fused-ring (bicyclic) bond motifs is 1. The van der Waals surface area contributed by atoms with Gasteiger partial charge in [0.2, 0.25) is 5.88 Å². The number of aromatic nitrogens is 1. The molecule has 0 radical (unpaired) electrons. The molecule has 6 nitrogen and oxygen atoms in total. The summed E-state index contributed by atoms with van der Waals surface area (Å²) in [6.45, 7) is 3.67. The second kappa shape index (κ2) is 11.8. The van der Waals surface area contributed by atoms with Gasteiger partial charge in [-0.3, -0.25) is 9.69 Å². The Balaban J connectivity index is 1.22. The van der Waals surface area contributed by atoms with E-state index in [4.69, 9.17) is 9.47 Å². The zero-order valence-corrected chi connectivity index (χ0v) is 25.9. The average molecular weight is 599 g/mol. The van der Waals surface area contributed by atoms with Gasteiger partial charge >= 0.3 is 5.97 Å². The fraction of sp³-hybridized carbons (Fsp3) is 0.514. The normalized spacial score (nSPS) is 22.4. The van der Waals surface area contributed by atoms with Gasteiger partial charge in [-0.1, -0.05) is 43.7 Å². The molecule has 1 unspecified atom stereocenters. The molecule has 0 amide bonds. The lowest BCUT2D eigenvalue weighted by Gasteiger charge is -2.53. The number of carboxylic acid groups (broad SMARTS) is 1. The van der Waals surface area contributed by atoms with Crippen molar-refractivity contribution in [3.8, 4) is 22.8 Å². The zero-order chi connectivity index (χ0) is 30.4. The first kappa shape index (κ1) is 29.3. The van der Waals surface area contributed by atoms with Gasteiger partial charge < -0.3 is 14.6 Å². The third-order valence-electron chi connectivity index (χ3n) is 10.9. The Morgan fingerprint density at radius 3 is 2.64 bits per heavy atom. The SMILES string of the molecule is COc1cc(-c2ccc(C3CCc4ccc([C@H](C5CC5)[C@H](C)C(=O)O)cc4O3)cc2CN2CCCCC23CCC3)c(F)cn1. The molecule has 4 aliphatic rings. The van der Waals surface area contributed by atoms with Crippen LogP contribution in [0.2, 0.25) is 0 Å². The summed E-state index contributed by atoms with van der Waals surface area (Å²) >= 11 is 0. The molecule has 2 aromatic carbocycles. The number of aryl methyl sites for hydroxylation is 1. The first-order valence-corrected chi connectivity index (χ1v) is 16.5. The second-order valence-electron chi connectivity index (χ2n) is 13.6. The number of hydrogen-bond acceptors (Lipinski definition) is 5. The minimum absolute atomic E-state index is 0.00304. The Morgan fingerprint density at radius 2 is 1.91 bits per heavy atom. The van der Waals surface area contributed by atoms with Crippen molar-refractivity contribution >= 4 is 5.97 Å². The molecule has 2 aliphatic carbocycles. The Kier molecular flexibility index (Phi) is 7.86. The molecular weight excluding hydrogens is 555 g/mol. The Hall–Kier alpha value is -3.45. The number of pyridine rings is 1. The monoisotopic (exact) mass is 598 g/mol. The summed E-state index contributed by atoms with van der Waals surface area (Å²) in [7, 11) is 1.56. The molecule has 1 N–H and O–H groups in total. The molecule has 1 spiro atoms. The van der Waals surface area contributed by atoms with Gasteiger partial charge in [0.1, 0.15) is 17.7 Å². The van der Waals surface area contributed by atoms with Gasteiger partial charge in [0.15, 0.2) is 0 Å². The molecular formula is C37H43FN2O4. The van der Waals surface area contributed by atoms with Crippen LogP contribution < -0.4 is 9.47 Å². The van der Waals surface area contributed by atoms with Gasteiger partial charge in [0.05, 0.1) is 19.2 Å². The molecule has 3 fully saturated rings. The molecule has 1 saturated heterocycles. The number of benzene rings is 2. The van der Waals surface area contributed by atoms with Crippen molar-refractivity contribution in [2.24, 2.45) is 11.8 Å². The fourth-order valence-corrected chi connectivity index (χ4v) is 8.11. The number of methoxy groups -OCH3 is 1. The van der Waals surface area contributed by atoms with E-state index in [1.54, 1.807) is 13.2 Å². The highest BCUT2D eigenvalue weighted by atomic mass is 19.1. The predicted octanol–water partition coefficient (Wildman–Crippen LogP) is 8.09.